The lowest BCUT2D eigenvalue weighted by Gasteiger charge is -2.23. The lowest BCUT2D eigenvalue weighted by atomic mass is 10.1. The Labute approximate surface area is 198 Å². The van der Waals surface area contributed by atoms with E-state index in [9.17, 15) is 13.4 Å². The summed E-state index contributed by atoms with van der Waals surface area (Å²) in [6.07, 6.45) is 7.24. The molecule has 4 aromatic rings. The van der Waals surface area contributed by atoms with Crippen molar-refractivity contribution in [3.8, 4) is 17.1 Å². The number of carbonyl (C=O) groups is 1. The molecule has 0 spiro atoms. The molecule has 1 aliphatic rings. The molecule has 0 radical (unpaired) electrons. The van der Waals surface area contributed by atoms with Crippen LogP contribution < -0.4 is 0 Å². The van der Waals surface area contributed by atoms with E-state index in [2.05, 4.69) is 9.97 Å². The van der Waals surface area contributed by atoms with Crippen LogP contribution in [0, 0.1) is 5.82 Å². The zero-order valence-electron chi connectivity index (χ0n) is 18.8. The van der Waals surface area contributed by atoms with E-state index in [1.165, 1.54) is 6.07 Å². The molecule has 9 heteroatoms. The van der Waals surface area contributed by atoms with E-state index < -0.39 is 10.8 Å². The predicted octanol–water partition coefficient (Wildman–Crippen LogP) is 3.82. The van der Waals surface area contributed by atoms with Gasteiger partial charge in [-0.3, -0.25) is 13.6 Å². The number of hydrogen-bond donors (Lipinski definition) is 0. The van der Waals surface area contributed by atoms with Crippen LogP contribution in [0.4, 0.5) is 4.39 Å². The maximum absolute atomic E-state index is 14.2. The number of fused-ring (bicyclic) bond motifs is 1. The molecular formula is C25H23FN4O3S. The number of rotatable bonds is 5. The van der Waals surface area contributed by atoms with Gasteiger partial charge in [0, 0.05) is 60.6 Å². The summed E-state index contributed by atoms with van der Waals surface area (Å²) in [6.45, 7) is 1.18. The van der Waals surface area contributed by atoms with Crippen molar-refractivity contribution in [1.82, 2.24) is 19.4 Å². The second-order valence-corrected chi connectivity index (χ2v) is 9.58. The Hall–Kier alpha value is -3.43. The van der Waals surface area contributed by atoms with E-state index in [0.717, 1.165) is 11.8 Å². The van der Waals surface area contributed by atoms with Crippen molar-refractivity contribution in [3.05, 3.63) is 72.4 Å². The Balaban J connectivity index is 1.56. The molecule has 5 rings (SSSR count). The molecule has 1 fully saturated rings. The van der Waals surface area contributed by atoms with Crippen molar-refractivity contribution < 1.29 is 18.1 Å². The quantitative estimate of drug-likeness (QED) is 0.436. The highest BCUT2D eigenvalue weighted by molar-refractivity contribution is 7.84. The van der Waals surface area contributed by atoms with Gasteiger partial charge in [-0.25, -0.2) is 14.4 Å². The Morgan fingerprint density at radius 1 is 1.21 bits per heavy atom. The molecule has 0 aliphatic carbocycles. The van der Waals surface area contributed by atoms with Gasteiger partial charge in [0.05, 0.1) is 33.9 Å². The molecule has 2 atom stereocenters. The first-order chi connectivity index (χ1) is 16.4. The maximum Gasteiger partial charge on any atom is 0.254 e. The van der Waals surface area contributed by atoms with Gasteiger partial charge in [0.15, 0.2) is 0 Å². The standard InChI is InChI=1S/C25H23FN4O3S/c1-29(18-9-10-33-15-18)24(31)16-7-8-20-22(11-16)30(14-23(20)34(2)32)25-27-12-17(13-28-25)19-5-3-4-6-21(19)26/h3-8,11-14,18H,9-10,15H2,1-2H3. The van der Waals surface area contributed by atoms with E-state index >= 15 is 0 Å². The Morgan fingerprint density at radius 3 is 2.65 bits per heavy atom. The third-order valence-corrected chi connectivity index (χ3v) is 7.08. The van der Waals surface area contributed by atoms with Crippen molar-refractivity contribution in [3.63, 3.8) is 0 Å². The number of amides is 1. The molecule has 2 unspecified atom stereocenters. The van der Waals surface area contributed by atoms with Gasteiger partial charge in [-0.15, -0.1) is 0 Å². The zero-order chi connectivity index (χ0) is 23.8. The SMILES string of the molecule is CN(C(=O)c1ccc2c(S(C)=O)cn(-c3ncc(-c4ccccc4F)cn3)c2c1)C1CCOC1. The highest BCUT2D eigenvalue weighted by atomic mass is 32.2. The summed E-state index contributed by atoms with van der Waals surface area (Å²) in [5.41, 5.74) is 2.14. The number of benzene rings is 2. The van der Waals surface area contributed by atoms with E-state index in [1.54, 1.807) is 71.7 Å². The van der Waals surface area contributed by atoms with Crippen LogP contribution in [0.3, 0.4) is 0 Å². The molecule has 1 saturated heterocycles. The minimum atomic E-state index is -1.26. The smallest absolute Gasteiger partial charge is 0.254 e. The normalized spacial score (nSPS) is 16.6. The second-order valence-electron chi connectivity index (χ2n) is 8.23. The average Bonchev–Trinajstić information content (AvgIpc) is 3.52. The van der Waals surface area contributed by atoms with Gasteiger partial charge in [0.2, 0.25) is 5.95 Å². The number of hydrogen-bond acceptors (Lipinski definition) is 5. The van der Waals surface area contributed by atoms with Crippen molar-refractivity contribution in [1.29, 1.82) is 0 Å². The number of aromatic nitrogens is 3. The summed E-state index contributed by atoms with van der Waals surface area (Å²) in [4.78, 5) is 24.3. The Kier molecular flexibility index (Phi) is 5.97. The third kappa shape index (κ3) is 4.01. The van der Waals surface area contributed by atoms with Crippen LogP contribution in [-0.4, -0.2) is 62.1 Å². The fourth-order valence-corrected chi connectivity index (χ4v) is 4.94. The Bertz CT molecular complexity index is 1400. The highest BCUT2D eigenvalue weighted by Crippen LogP contribution is 2.29. The minimum Gasteiger partial charge on any atom is -0.379 e. The fourth-order valence-electron chi connectivity index (χ4n) is 4.20. The molecule has 2 aromatic carbocycles. The van der Waals surface area contributed by atoms with Crippen LogP contribution >= 0.6 is 0 Å². The minimum absolute atomic E-state index is 0.0444. The zero-order valence-corrected chi connectivity index (χ0v) is 19.6. The molecule has 2 aromatic heterocycles. The molecule has 1 amide bonds. The van der Waals surface area contributed by atoms with Crippen LogP contribution in [0.2, 0.25) is 0 Å². The molecule has 0 saturated carbocycles. The first-order valence-electron chi connectivity index (χ1n) is 10.8. The summed E-state index contributed by atoms with van der Waals surface area (Å²) >= 11 is 0. The van der Waals surface area contributed by atoms with Crippen molar-refractivity contribution in [2.45, 2.75) is 17.4 Å². The van der Waals surface area contributed by atoms with Gasteiger partial charge in [0.1, 0.15) is 5.82 Å². The number of carbonyl (C=O) groups excluding carboxylic acids is 1. The van der Waals surface area contributed by atoms with Gasteiger partial charge < -0.3 is 9.64 Å². The van der Waals surface area contributed by atoms with Gasteiger partial charge >= 0.3 is 0 Å². The molecule has 174 valence electrons. The van der Waals surface area contributed by atoms with Gasteiger partial charge in [-0.1, -0.05) is 24.3 Å². The van der Waals surface area contributed by atoms with Crippen LogP contribution in [0.15, 0.2) is 66.0 Å². The molecule has 0 bridgehead atoms. The van der Waals surface area contributed by atoms with Gasteiger partial charge in [-0.2, -0.15) is 0 Å². The Morgan fingerprint density at radius 2 is 1.97 bits per heavy atom. The lowest BCUT2D eigenvalue weighted by molar-refractivity contribution is 0.0711. The average molecular weight is 479 g/mol. The van der Waals surface area contributed by atoms with Gasteiger partial charge in [-0.05, 0) is 24.6 Å². The van der Waals surface area contributed by atoms with E-state index in [1.807, 2.05) is 6.07 Å². The van der Waals surface area contributed by atoms with Crippen LogP contribution in [0.1, 0.15) is 16.8 Å². The number of nitrogens with zero attached hydrogens (tertiary/aromatic N) is 4. The fraction of sp³-hybridized carbons (Fsp3) is 0.240. The molecule has 0 N–H and O–H groups in total. The topological polar surface area (TPSA) is 77.3 Å². The lowest BCUT2D eigenvalue weighted by Crippen LogP contribution is -2.37. The maximum atomic E-state index is 14.2. The second kappa shape index (κ2) is 9.08. The van der Waals surface area contributed by atoms with E-state index in [4.69, 9.17) is 4.74 Å². The highest BCUT2D eigenvalue weighted by Gasteiger charge is 2.26. The number of ether oxygens (including phenoxy) is 1. The molecule has 34 heavy (non-hydrogen) atoms. The molecular weight excluding hydrogens is 455 g/mol. The monoisotopic (exact) mass is 478 g/mol. The summed E-state index contributed by atoms with van der Waals surface area (Å²) in [5.74, 6) is -0.127. The van der Waals surface area contributed by atoms with Crippen LogP contribution in [-0.2, 0) is 15.5 Å². The van der Waals surface area contributed by atoms with Crippen molar-refractivity contribution >= 4 is 27.6 Å². The van der Waals surface area contributed by atoms with Crippen molar-refractivity contribution in [2.75, 3.05) is 26.5 Å². The first-order valence-corrected chi connectivity index (χ1v) is 12.4. The van der Waals surface area contributed by atoms with Crippen molar-refractivity contribution in [2.24, 2.45) is 0 Å². The third-order valence-electron chi connectivity index (χ3n) is 6.14. The molecule has 1 aliphatic heterocycles. The van der Waals surface area contributed by atoms with Crippen LogP contribution in [0.5, 0.6) is 0 Å². The summed E-state index contributed by atoms with van der Waals surface area (Å²) in [5, 5.41) is 0.756. The predicted molar refractivity (Wildman–Crippen MR) is 128 cm³/mol. The summed E-state index contributed by atoms with van der Waals surface area (Å²) < 4.78 is 33.7. The summed E-state index contributed by atoms with van der Waals surface area (Å²) in [7, 11) is 0.520. The first kappa shape index (κ1) is 22.4. The number of halogens is 1. The molecule has 7 nitrogen and oxygen atoms in total. The van der Waals surface area contributed by atoms with E-state index in [0.29, 0.717) is 46.3 Å². The number of likely N-dealkylation sites (N-methyl/N-ethyl adjacent to an activating group) is 1. The molecule has 3 heterocycles. The summed E-state index contributed by atoms with van der Waals surface area (Å²) in [6, 6.07) is 11.8. The largest absolute Gasteiger partial charge is 0.379 e. The van der Waals surface area contributed by atoms with Gasteiger partial charge in [0.25, 0.3) is 5.91 Å². The van der Waals surface area contributed by atoms with E-state index in [-0.39, 0.29) is 17.8 Å². The van der Waals surface area contributed by atoms with Crippen LogP contribution in [0.25, 0.3) is 28.0 Å².